The number of carbonyl (C=O) groups excluding carboxylic acids is 1. The highest BCUT2D eigenvalue weighted by molar-refractivity contribution is 6.31. The van der Waals surface area contributed by atoms with Crippen LogP contribution in [0.3, 0.4) is 0 Å². The molecule has 0 fully saturated rings. The Morgan fingerprint density at radius 3 is 2.80 bits per heavy atom. The van der Waals surface area contributed by atoms with Crippen LogP contribution in [0.4, 0.5) is 0 Å². The molecule has 1 aliphatic carbocycles. The maximum absolute atomic E-state index is 11.4. The Balaban J connectivity index is 2.26. The van der Waals surface area contributed by atoms with Crippen LogP contribution in [0.15, 0.2) is 35.4 Å². The van der Waals surface area contributed by atoms with Crippen molar-refractivity contribution in [2.24, 2.45) is 0 Å². The standard InChI is InChI=1S/C13H13ClO/c1-9-3-2-4-10(5-9)11-6-12(14)8-13(15)7-11/h2-5,8,11H,6-7H2,1H3. The van der Waals surface area contributed by atoms with E-state index in [9.17, 15) is 4.79 Å². The summed E-state index contributed by atoms with van der Waals surface area (Å²) >= 11 is 5.94. The monoisotopic (exact) mass is 220 g/mol. The van der Waals surface area contributed by atoms with Crippen molar-refractivity contribution >= 4 is 17.4 Å². The Kier molecular flexibility index (Phi) is 2.92. The number of allylic oxidation sites excluding steroid dienone is 2. The second kappa shape index (κ2) is 4.19. The highest BCUT2D eigenvalue weighted by Crippen LogP contribution is 2.33. The zero-order valence-electron chi connectivity index (χ0n) is 8.66. The lowest BCUT2D eigenvalue weighted by atomic mass is 9.86. The molecule has 0 heterocycles. The molecule has 2 heteroatoms. The lowest BCUT2D eigenvalue weighted by Gasteiger charge is -2.19. The van der Waals surface area contributed by atoms with Gasteiger partial charge in [-0.3, -0.25) is 4.79 Å². The van der Waals surface area contributed by atoms with E-state index in [4.69, 9.17) is 11.6 Å². The fourth-order valence-corrected chi connectivity index (χ4v) is 2.31. The van der Waals surface area contributed by atoms with E-state index in [1.807, 2.05) is 6.07 Å². The number of halogens is 1. The van der Waals surface area contributed by atoms with Gasteiger partial charge in [0.05, 0.1) is 0 Å². The molecule has 1 unspecified atom stereocenters. The van der Waals surface area contributed by atoms with Gasteiger partial charge in [0.2, 0.25) is 0 Å². The molecule has 0 bridgehead atoms. The summed E-state index contributed by atoms with van der Waals surface area (Å²) < 4.78 is 0. The molecule has 0 saturated carbocycles. The van der Waals surface area contributed by atoms with Gasteiger partial charge in [-0.15, -0.1) is 0 Å². The minimum Gasteiger partial charge on any atom is -0.295 e. The summed E-state index contributed by atoms with van der Waals surface area (Å²) in [7, 11) is 0. The Morgan fingerprint density at radius 2 is 2.13 bits per heavy atom. The number of hydrogen-bond donors (Lipinski definition) is 0. The minimum absolute atomic E-state index is 0.137. The van der Waals surface area contributed by atoms with Crippen molar-refractivity contribution in [3.63, 3.8) is 0 Å². The molecule has 0 N–H and O–H groups in total. The third-order valence-corrected chi connectivity index (χ3v) is 2.98. The number of rotatable bonds is 1. The Morgan fingerprint density at radius 1 is 1.33 bits per heavy atom. The van der Waals surface area contributed by atoms with E-state index in [1.54, 1.807) is 6.08 Å². The van der Waals surface area contributed by atoms with E-state index in [1.165, 1.54) is 11.1 Å². The molecule has 0 aromatic heterocycles. The van der Waals surface area contributed by atoms with Crippen LogP contribution in [-0.2, 0) is 4.79 Å². The van der Waals surface area contributed by atoms with Crippen LogP contribution in [0.25, 0.3) is 0 Å². The summed E-state index contributed by atoms with van der Waals surface area (Å²) in [5.74, 6) is 0.396. The first-order valence-electron chi connectivity index (χ1n) is 5.10. The molecule has 0 amide bonds. The average molecular weight is 221 g/mol. The number of hydrogen-bond acceptors (Lipinski definition) is 1. The summed E-state index contributed by atoms with van der Waals surface area (Å²) in [6.45, 7) is 2.06. The lowest BCUT2D eigenvalue weighted by molar-refractivity contribution is -0.115. The first-order chi connectivity index (χ1) is 7.15. The van der Waals surface area contributed by atoms with Gasteiger partial charge < -0.3 is 0 Å². The second-order valence-electron chi connectivity index (χ2n) is 4.08. The summed E-state index contributed by atoms with van der Waals surface area (Å²) in [6.07, 6.45) is 2.92. The van der Waals surface area contributed by atoms with Crippen LogP contribution in [-0.4, -0.2) is 5.78 Å². The van der Waals surface area contributed by atoms with Gasteiger partial charge in [-0.2, -0.15) is 0 Å². The van der Waals surface area contributed by atoms with Gasteiger partial charge in [0.1, 0.15) is 0 Å². The molecule has 1 atom stereocenters. The predicted molar refractivity (Wildman–Crippen MR) is 62.1 cm³/mol. The lowest BCUT2D eigenvalue weighted by Crippen LogP contribution is -2.11. The van der Waals surface area contributed by atoms with E-state index >= 15 is 0 Å². The zero-order valence-corrected chi connectivity index (χ0v) is 9.42. The maximum atomic E-state index is 11.4. The van der Waals surface area contributed by atoms with Crippen molar-refractivity contribution in [3.05, 3.63) is 46.5 Å². The SMILES string of the molecule is Cc1cccc(C2CC(=O)C=C(Cl)C2)c1. The van der Waals surface area contributed by atoms with Crippen LogP contribution < -0.4 is 0 Å². The highest BCUT2D eigenvalue weighted by atomic mass is 35.5. The Hall–Kier alpha value is -1.08. The van der Waals surface area contributed by atoms with Gasteiger partial charge in [-0.25, -0.2) is 0 Å². The molecule has 0 saturated heterocycles. The second-order valence-corrected chi connectivity index (χ2v) is 4.56. The van der Waals surface area contributed by atoms with E-state index < -0.39 is 0 Å². The molecule has 0 aliphatic heterocycles. The van der Waals surface area contributed by atoms with Crippen molar-refractivity contribution in [1.29, 1.82) is 0 Å². The summed E-state index contributed by atoms with van der Waals surface area (Å²) in [6, 6.07) is 8.29. The number of benzene rings is 1. The Bertz CT molecular complexity index is 420. The number of ketones is 1. The minimum atomic E-state index is 0.137. The molecule has 0 spiro atoms. The van der Waals surface area contributed by atoms with E-state index in [0.717, 1.165) is 6.42 Å². The fourth-order valence-electron chi connectivity index (χ4n) is 2.00. The largest absolute Gasteiger partial charge is 0.295 e. The van der Waals surface area contributed by atoms with Gasteiger partial charge in [0.15, 0.2) is 5.78 Å². The fraction of sp³-hybridized carbons (Fsp3) is 0.308. The molecule has 1 aromatic rings. The molecule has 0 radical (unpaired) electrons. The molecule has 1 aliphatic rings. The molecular formula is C13H13ClO. The number of carbonyl (C=O) groups is 1. The summed E-state index contributed by atoms with van der Waals surface area (Å²) in [4.78, 5) is 11.4. The van der Waals surface area contributed by atoms with Crippen molar-refractivity contribution < 1.29 is 4.79 Å². The van der Waals surface area contributed by atoms with E-state index in [2.05, 4.69) is 25.1 Å². The van der Waals surface area contributed by atoms with Crippen molar-refractivity contribution in [1.82, 2.24) is 0 Å². The Labute approximate surface area is 94.8 Å². The third kappa shape index (κ3) is 2.48. The van der Waals surface area contributed by atoms with Gasteiger partial charge in [0.25, 0.3) is 0 Å². The van der Waals surface area contributed by atoms with Crippen LogP contribution in [0.1, 0.15) is 29.9 Å². The van der Waals surface area contributed by atoms with Crippen LogP contribution in [0.2, 0.25) is 0 Å². The van der Waals surface area contributed by atoms with E-state index in [-0.39, 0.29) is 11.7 Å². The normalized spacial score (nSPS) is 21.3. The van der Waals surface area contributed by atoms with E-state index in [0.29, 0.717) is 11.5 Å². The maximum Gasteiger partial charge on any atom is 0.157 e. The third-order valence-electron chi connectivity index (χ3n) is 2.72. The van der Waals surface area contributed by atoms with Gasteiger partial charge >= 0.3 is 0 Å². The summed E-state index contributed by atoms with van der Waals surface area (Å²) in [5.41, 5.74) is 2.44. The first-order valence-corrected chi connectivity index (χ1v) is 5.48. The van der Waals surface area contributed by atoms with Crippen molar-refractivity contribution in [3.8, 4) is 0 Å². The van der Waals surface area contributed by atoms with Gasteiger partial charge in [-0.1, -0.05) is 41.4 Å². The first kappa shape index (κ1) is 10.4. The van der Waals surface area contributed by atoms with Crippen LogP contribution >= 0.6 is 11.6 Å². The van der Waals surface area contributed by atoms with Gasteiger partial charge in [-0.05, 0) is 30.9 Å². The van der Waals surface area contributed by atoms with Crippen LogP contribution in [0, 0.1) is 6.92 Å². The van der Waals surface area contributed by atoms with Crippen molar-refractivity contribution in [2.45, 2.75) is 25.7 Å². The molecular weight excluding hydrogens is 208 g/mol. The summed E-state index contributed by atoms with van der Waals surface area (Å²) in [5, 5.41) is 0.678. The highest BCUT2D eigenvalue weighted by Gasteiger charge is 2.21. The van der Waals surface area contributed by atoms with Crippen LogP contribution in [0.5, 0.6) is 0 Å². The van der Waals surface area contributed by atoms with Crippen molar-refractivity contribution in [2.75, 3.05) is 0 Å². The predicted octanol–water partition coefficient (Wildman–Crippen LogP) is 3.56. The molecule has 2 rings (SSSR count). The zero-order chi connectivity index (χ0) is 10.8. The topological polar surface area (TPSA) is 17.1 Å². The molecule has 78 valence electrons. The quantitative estimate of drug-likeness (QED) is 0.707. The smallest absolute Gasteiger partial charge is 0.157 e. The average Bonchev–Trinajstić information content (AvgIpc) is 2.16. The van der Waals surface area contributed by atoms with Gasteiger partial charge in [0, 0.05) is 11.5 Å². The molecule has 1 aromatic carbocycles. The molecule has 15 heavy (non-hydrogen) atoms. The molecule has 1 nitrogen and oxygen atoms in total. The number of aryl methyl sites for hydroxylation is 1.